The van der Waals surface area contributed by atoms with E-state index in [-0.39, 0.29) is 11.8 Å². The number of carbonyl (C=O) groups is 1. The van der Waals surface area contributed by atoms with Crippen LogP contribution >= 0.6 is 0 Å². The number of aromatic nitrogens is 1. The van der Waals surface area contributed by atoms with Crippen LogP contribution in [0.4, 0.5) is 0 Å². The fourth-order valence-electron chi connectivity index (χ4n) is 1.82. The predicted molar refractivity (Wildman–Crippen MR) is 63.9 cm³/mol. The van der Waals surface area contributed by atoms with Crippen LogP contribution in [0.25, 0.3) is 10.9 Å². The van der Waals surface area contributed by atoms with Gasteiger partial charge in [0.15, 0.2) is 0 Å². The Kier molecular flexibility index (Phi) is 2.92. The van der Waals surface area contributed by atoms with E-state index in [0.29, 0.717) is 0 Å². The third-order valence-electron chi connectivity index (χ3n) is 2.73. The quantitative estimate of drug-likeness (QED) is 0.683. The first-order chi connectivity index (χ1) is 7.74. The highest BCUT2D eigenvalue weighted by atomic mass is 16.2. The van der Waals surface area contributed by atoms with E-state index >= 15 is 0 Å². The molecule has 0 spiro atoms. The van der Waals surface area contributed by atoms with Crippen molar-refractivity contribution in [2.45, 2.75) is 12.8 Å². The summed E-state index contributed by atoms with van der Waals surface area (Å²) in [4.78, 5) is 14.9. The summed E-state index contributed by atoms with van der Waals surface area (Å²) in [5.74, 6) is -0.212. The molecule has 0 radical (unpaired) electrons. The Morgan fingerprint density at radius 3 is 2.88 bits per heavy atom. The molecule has 0 fully saturated rings. The minimum absolute atomic E-state index is 0.0350. The molecule has 84 valence electrons. The van der Waals surface area contributed by atoms with Gasteiger partial charge in [-0.3, -0.25) is 10.2 Å². The van der Waals surface area contributed by atoms with Crippen molar-refractivity contribution in [2.75, 3.05) is 7.05 Å². The molecule has 2 rings (SSSR count). The van der Waals surface area contributed by atoms with Gasteiger partial charge < -0.3 is 4.98 Å². The Hall–Kier alpha value is -1.81. The molecule has 1 heterocycles. The number of H-pyrrole nitrogens is 1. The van der Waals surface area contributed by atoms with Crippen LogP contribution in [0.1, 0.15) is 18.4 Å². The fourth-order valence-corrected chi connectivity index (χ4v) is 1.82. The zero-order valence-electron chi connectivity index (χ0n) is 9.37. The van der Waals surface area contributed by atoms with Crippen molar-refractivity contribution in [1.82, 2.24) is 15.8 Å². The van der Waals surface area contributed by atoms with Crippen molar-refractivity contribution in [3.05, 3.63) is 36.0 Å². The van der Waals surface area contributed by atoms with Crippen molar-refractivity contribution in [3.8, 4) is 0 Å². The van der Waals surface area contributed by atoms with Gasteiger partial charge in [0, 0.05) is 24.1 Å². The lowest BCUT2D eigenvalue weighted by atomic mass is 10.00. The lowest BCUT2D eigenvalue weighted by molar-refractivity contribution is -0.123. The van der Waals surface area contributed by atoms with Gasteiger partial charge in [-0.1, -0.05) is 18.2 Å². The van der Waals surface area contributed by atoms with Gasteiger partial charge >= 0.3 is 0 Å². The summed E-state index contributed by atoms with van der Waals surface area (Å²) >= 11 is 0. The first kappa shape index (κ1) is 10.7. The Labute approximate surface area is 94.0 Å². The molecule has 1 aromatic heterocycles. The molecule has 1 aromatic carbocycles. The second-order valence-electron chi connectivity index (χ2n) is 3.75. The van der Waals surface area contributed by atoms with Gasteiger partial charge in [-0.15, -0.1) is 0 Å². The predicted octanol–water partition coefficient (Wildman–Crippen LogP) is 1.52. The van der Waals surface area contributed by atoms with Crippen LogP contribution in [0.3, 0.4) is 0 Å². The number of hydrogen-bond acceptors (Lipinski definition) is 2. The van der Waals surface area contributed by atoms with Crippen molar-refractivity contribution in [3.63, 3.8) is 0 Å². The summed E-state index contributed by atoms with van der Waals surface area (Å²) < 4.78 is 0. The third-order valence-corrected chi connectivity index (χ3v) is 2.73. The molecule has 0 saturated carbocycles. The minimum atomic E-state index is -0.177. The summed E-state index contributed by atoms with van der Waals surface area (Å²) in [6.07, 6.45) is 1.89. The molecule has 1 amide bonds. The van der Waals surface area contributed by atoms with Crippen LogP contribution in [0, 0.1) is 0 Å². The molecule has 0 aliphatic carbocycles. The first-order valence-corrected chi connectivity index (χ1v) is 5.26. The van der Waals surface area contributed by atoms with Crippen molar-refractivity contribution >= 4 is 16.8 Å². The van der Waals surface area contributed by atoms with E-state index in [1.54, 1.807) is 7.05 Å². The monoisotopic (exact) mass is 217 g/mol. The number of fused-ring (bicyclic) bond motifs is 1. The van der Waals surface area contributed by atoms with Gasteiger partial charge in [-0.05, 0) is 18.6 Å². The number of hydrogen-bond donors (Lipinski definition) is 3. The summed E-state index contributed by atoms with van der Waals surface area (Å²) in [7, 11) is 1.68. The number of para-hydroxylation sites is 1. The topological polar surface area (TPSA) is 56.9 Å². The molecular weight excluding hydrogens is 202 g/mol. The first-order valence-electron chi connectivity index (χ1n) is 5.26. The van der Waals surface area contributed by atoms with E-state index in [1.807, 2.05) is 37.4 Å². The zero-order valence-corrected chi connectivity index (χ0v) is 9.37. The van der Waals surface area contributed by atoms with E-state index in [2.05, 4.69) is 15.8 Å². The average molecular weight is 217 g/mol. The van der Waals surface area contributed by atoms with Gasteiger partial charge in [0.25, 0.3) is 0 Å². The number of nitrogens with one attached hydrogen (secondary N) is 3. The molecule has 16 heavy (non-hydrogen) atoms. The summed E-state index contributed by atoms with van der Waals surface area (Å²) in [6, 6.07) is 7.97. The van der Waals surface area contributed by atoms with Crippen molar-refractivity contribution < 1.29 is 4.79 Å². The van der Waals surface area contributed by atoms with Gasteiger partial charge in [-0.2, -0.15) is 0 Å². The summed E-state index contributed by atoms with van der Waals surface area (Å²) in [6.45, 7) is 1.89. The number of carbonyl (C=O) groups excluding carboxylic acids is 1. The molecule has 0 bridgehead atoms. The van der Waals surface area contributed by atoms with E-state index in [1.165, 1.54) is 0 Å². The number of rotatable bonds is 3. The standard InChI is InChI=1S/C12H15N3O/c1-8(12(16)15-13-2)10-7-14-11-6-4-3-5-9(10)11/h3-8,13-14H,1-2H3,(H,15,16). The largest absolute Gasteiger partial charge is 0.361 e. The normalized spacial score (nSPS) is 12.6. The van der Waals surface area contributed by atoms with Crippen LogP contribution in [-0.4, -0.2) is 17.9 Å². The van der Waals surface area contributed by atoms with Crippen molar-refractivity contribution in [2.24, 2.45) is 0 Å². The molecule has 4 nitrogen and oxygen atoms in total. The maximum atomic E-state index is 11.7. The molecule has 1 atom stereocenters. The van der Waals surface area contributed by atoms with E-state index in [9.17, 15) is 4.79 Å². The second-order valence-corrected chi connectivity index (χ2v) is 3.75. The maximum absolute atomic E-state index is 11.7. The van der Waals surface area contributed by atoms with E-state index < -0.39 is 0 Å². The zero-order chi connectivity index (χ0) is 11.5. The van der Waals surface area contributed by atoms with Crippen LogP contribution in [0.5, 0.6) is 0 Å². The van der Waals surface area contributed by atoms with Crippen LogP contribution in [0.15, 0.2) is 30.5 Å². The minimum Gasteiger partial charge on any atom is -0.361 e. The van der Waals surface area contributed by atoms with Gasteiger partial charge in [-0.25, -0.2) is 5.43 Å². The number of benzene rings is 1. The molecule has 3 N–H and O–H groups in total. The third kappa shape index (κ3) is 1.79. The smallest absolute Gasteiger partial charge is 0.241 e. The molecule has 0 aliphatic heterocycles. The van der Waals surface area contributed by atoms with Crippen molar-refractivity contribution in [1.29, 1.82) is 0 Å². The molecule has 4 heteroatoms. The van der Waals surface area contributed by atoms with Crippen LogP contribution in [0.2, 0.25) is 0 Å². The summed E-state index contributed by atoms with van der Waals surface area (Å²) in [5, 5.41) is 1.10. The molecule has 0 aliphatic rings. The molecule has 2 aromatic rings. The number of aromatic amines is 1. The Morgan fingerprint density at radius 1 is 1.38 bits per heavy atom. The van der Waals surface area contributed by atoms with Crippen LogP contribution < -0.4 is 10.9 Å². The number of hydrazine groups is 1. The Bertz CT molecular complexity index is 504. The maximum Gasteiger partial charge on any atom is 0.241 e. The Balaban J connectivity index is 2.36. The lowest BCUT2D eigenvalue weighted by Gasteiger charge is -2.10. The van der Waals surface area contributed by atoms with Gasteiger partial charge in [0.2, 0.25) is 5.91 Å². The number of amides is 1. The molecule has 1 unspecified atom stereocenters. The van der Waals surface area contributed by atoms with E-state index in [4.69, 9.17) is 0 Å². The highest BCUT2D eigenvalue weighted by Crippen LogP contribution is 2.25. The van der Waals surface area contributed by atoms with Gasteiger partial charge in [0.05, 0.1) is 5.92 Å². The SMILES string of the molecule is CNNC(=O)C(C)c1c[nH]c2ccccc12. The molecule has 0 saturated heterocycles. The fraction of sp³-hybridized carbons (Fsp3) is 0.250. The average Bonchev–Trinajstić information content (AvgIpc) is 2.72. The highest BCUT2D eigenvalue weighted by molar-refractivity contribution is 5.91. The van der Waals surface area contributed by atoms with Crippen LogP contribution in [-0.2, 0) is 4.79 Å². The van der Waals surface area contributed by atoms with E-state index in [0.717, 1.165) is 16.5 Å². The summed E-state index contributed by atoms with van der Waals surface area (Å²) in [5.41, 5.74) is 7.32. The van der Waals surface area contributed by atoms with Gasteiger partial charge in [0.1, 0.15) is 0 Å². The Morgan fingerprint density at radius 2 is 2.12 bits per heavy atom. The highest BCUT2D eigenvalue weighted by Gasteiger charge is 2.17. The molecular formula is C12H15N3O. The lowest BCUT2D eigenvalue weighted by Crippen LogP contribution is -2.37. The second kappa shape index (κ2) is 4.37.